The SMILES string of the molecule is CCOC(=O)C1=CN(Cc2ccc(OC)cc2)C=C(C(=O)OCC)C1c1ccc(Cl)cc1. The zero-order valence-electron chi connectivity index (χ0n) is 18.3. The second-order valence-corrected chi connectivity index (χ2v) is 7.55. The van der Waals surface area contributed by atoms with E-state index in [4.69, 9.17) is 25.8 Å². The third kappa shape index (κ3) is 5.51. The molecule has 0 atom stereocenters. The molecule has 0 aliphatic carbocycles. The van der Waals surface area contributed by atoms with E-state index in [0.717, 1.165) is 16.9 Å². The lowest BCUT2D eigenvalue weighted by Gasteiger charge is -2.30. The van der Waals surface area contributed by atoms with Crippen molar-refractivity contribution in [3.05, 3.63) is 88.2 Å². The van der Waals surface area contributed by atoms with Crippen LogP contribution in [0, 0.1) is 0 Å². The Labute approximate surface area is 193 Å². The molecule has 0 aromatic heterocycles. The van der Waals surface area contributed by atoms with Gasteiger partial charge in [-0.05, 0) is 49.2 Å². The summed E-state index contributed by atoms with van der Waals surface area (Å²) in [6.45, 7) is 4.38. The Hall–Kier alpha value is -3.25. The Morgan fingerprint density at radius 3 is 1.88 bits per heavy atom. The molecule has 0 spiro atoms. The van der Waals surface area contributed by atoms with Gasteiger partial charge < -0.3 is 19.1 Å². The number of carbonyl (C=O) groups excluding carboxylic acids is 2. The van der Waals surface area contributed by atoms with E-state index in [1.165, 1.54) is 0 Å². The van der Waals surface area contributed by atoms with Gasteiger partial charge in [-0.1, -0.05) is 35.9 Å². The van der Waals surface area contributed by atoms with Crippen LogP contribution in [0.15, 0.2) is 72.1 Å². The molecule has 32 heavy (non-hydrogen) atoms. The maximum Gasteiger partial charge on any atom is 0.336 e. The van der Waals surface area contributed by atoms with Gasteiger partial charge in [-0.15, -0.1) is 0 Å². The van der Waals surface area contributed by atoms with Crippen molar-refractivity contribution in [1.29, 1.82) is 0 Å². The number of hydrogen-bond acceptors (Lipinski definition) is 6. The van der Waals surface area contributed by atoms with Crippen molar-refractivity contribution in [2.45, 2.75) is 26.3 Å². The van der Waals surface area contributed by atoms with Crippen LogP contribution in [0.4, 0.5) is 0 Å². The molecule has 0 bridgehead atoms. The van der Waals surface area contributed by atoms with Crippen molar-refractivity contribution in [2.75, 3.05) is 20.3 Å². The molecular weight excluding hydrogens is 430 g/mol. The Kier molecular flexibility index (Phi) is 7.95. The van der Waals surface area contributed by atoms with Crippen LogP contribution in [0.1, 0.15) is 30.9 Å². The van der Waals surface area contributed by atoms with Crippen LogP contribution < -0.4 is 4.74 Å². The van der Waals surface area contributed by atoms with Gasteiger partial charge in [-0.3, -0.25) is 0 Å². The molecule has 0 saturated heterocycles. The highest BCUT2D eigenvalue weighted by Crippen LogP contribution is 2.38. The van der Waals surface area contributed by atoms with E-state index >= 15 is 0 Å². The molecule has 0 unspecified atom stereocenters. The van der Waals surface area contributed by atoms with Crippen molar-refractivity contribution >= 4 is 23.5 Å². The minimum atomic E-state index is -0.627. The molecule has 0 N–H and O–H groups in total. The molecule has 168 valence electrons. The average molecular weight is 456 g/mol. The Balaban J connectivity index is 2.04. The molecule has 6 nitrogen and oxygen atoms in total. The highest BCUT2D eigenvalue weighted by molar-refractivity contribution is 6.30. The Morgan fingerprint density at radius 1 is 0.875 bits per heavy atom. The summed E-state index contributed by atoms with van der Waals surface area (Å²) in [5.41, 5.74) is 2.44. The van der Waals surface area contributed by atoms with Crippen LogP contribution in [0.25, 0.3) is 0 Å². The van der Waals surface area contributed by atoms with E-state index in [0.29, 0.717) is 22.7 Å². The largest absolute Gasteiger partial charge is 0.497 e. The maximum absolute atomic E-state index is 12.9. The number of ether oxygens (including phenoxy) is 3. The van der Waals surface area contributed by atoms with E-state index in [1.54, 1.807) is 62.5 Å². The summed E-state index contributed by atoms with van der Waals surface area (Å²) < 4.78 is 15.8. The van der Waals surface area contributed by atoms with E-state index in [1.807, 2.05) is 24.3 Å². The van der Waals surface area contributed by atoms with Crippen LogP contribution >= 0.6 is 11.6 Å². The molecule has 0 fully saturated rings. The van der Waals surface area contributed by atoms with Gasteiger partial charge in [0.25, 0.3) is 0 Å². The lowest BCUT2D eigenvalue weighted by molar-refractivity contribution is -0.139. The average Bonchev–Trinajstić information content (AvgIpc) is 2.80. The quantitative estimate of drug-likeness (QED) is 0.530. The highest BCUT2D eigenvalue weighted by atomic mass is 35.5. The number of methoxy groups -OCH3 is 1. The Bertz CT molecular complexity index is 976. The van der Waals surface area contributed by atoms with Crippen LogP contribution in [0.3, 0.4) is 0 Å². The number of rotatable bonds is 8. The number of carbonyl (C=O) groups is 2. The molecule has 1 heterocycles. The zero-order valence-corrected chi connectivity index (χ0v) is 19.1. The van der Waals surface area contributed by atoms with Crippen LogP contribution in [-0.4, -0.2) is 37.2 Å². The number of benzene rings is 2. The van der Waals surface area contributed by atoms with Gasteiger partial charge in [0, 0.05) is 24.0 Å². The molecule has 2 aromatic carbocycles. The second-order valence-electron chi connectivity index (χ2n) is 7.11. The third-order valence-corrected chi connectivity index (χ3v) is 5.23. The summed E-state index contributed by atoms with van der Waals surface area (Å²) in [4.78, 5) is 27.6. The van der Waals surface area contributed by atoms with Crippen LogP contribution in [0.2, 0.25) is 5.02 Å². The number of esters is 2. The van der Waals surface area contributed by atoms with Gasteiger partial charge in [0.1, 0.15) is 5.75 Å². The van der Waals surface area contributed by atoms with Crippen molar-refractivity contribution in [3.8, 4) is 5.75 Å². The first-order valence-electron chi connectivity index (χ1n) is 10.4. The predicted molar refractivity (Wildman–Crippen MR) is 122 cm³/mol. The number of halogens is 1. The van der Waals surface area contributed by atoms with E-state index in [9.17, 15) is 9.59 Å². The second kappa shape index (κ2) is 10.9. The molecule has 3 rings (SSSR count). The van der Waals surface area contributed by atoms with Gasteiger partial charge in [0.2, 0.25) is 0 Å². The standard InChI is InChI=1S/C25H26ClNO5/c1-4-31-24(28)21-15-27(14-17-6-12-20(30-3)13-7-17)16-22(25(29)32-5-2)23(21)18-8-10-19(26)11-9-18/h6-13,15-16,23H,4-5,14H2,1-3H3. The fourth-order valence-corrected chi connectivity index (χ4v) is 3.65. The smallest absolute Gasteiger partial charge is 0.336 e. The van der Waals surface area contributed by atoms with Gasteiger partial charge in [0.05, 0.1) is 37.4 Å². The fraction of sp³-hybridized carbons (Fsp3) is 0.280. The van der Waals surface area contributed by atoms with Crippen molar-refractivity contribution < 1.29 is 23.8 Å². The van der Waals surface area contributed by atoms with Gasteiger partial charge in [0.15, 0.2) is 0 Å². The molecule has 0 amide bonds. The predicted octanol–water partition coefficient (Wildman–Crippen LogP) is 4.84. The lowest BCUT2D eigenvalue weighted by Crippen LogP contribution is -2.29. The van der Waals surface area contributed by atoms with Crippen LogP contribution in [-0.2, 0) is 25.6 Å². The first-order valence-corrected chi connectivity index (χ1v) is 10.8. The normalized spacial score (nSPS) is 13.8. The molecule has 1 aliphatic heterocycles. The summed E-state index contributed by atoms with van der Waals surface area (Å²) in [7, 11) is 1.61. The summed E-state index contributed by atoms with van der Waals surface area (Å²) >= 11 is 6.05. The summed E-state index contributed by atoms with van der Waals surface area (Å²) in [5, 5.41) is 0.564. The number of nitrogens with zero attached hydrogens (tertiary/aromatic N) is 1. The minimum absolute atomic E-state index is 0.223. The summed E-state index contributed by atoms with van der Waals surface area (Å²) in [6, 6.07) is 14.6. The van der Waals surface area contributed by atoms with Gasteiger partial charge in [-0.25, -0.2) is 9.59 Å². The summed E-state index contributed by atoms with van der Waals surface area (Å²) in [5.74, 6) is -0.845. The molecule has 1 aliphatic rings. The Morgan fingerprint density at radius 2 is 1.41 bits per heavy atom. The van der Waals surface area contributed by atoms with Gasteiger partial charge >= 0.3 is 11.9 Å². The first-order chi connectivity index (χ1) is 15.5. The topological polar surface area (TPSA) is 65.1 Å². The van der Waals surface area contributed by atoms with Crippen molar-refractivity contribution in [3.63, 3.8) is 0 Å². The van der Waals surface area contributed by atoms with Crippen molar-refractivity contribution in [1.82, 2.24) is 4.90 Å². The molecule has 2 aromatic rings. The monoisotopic (exact) mass is 455 g/mol. The van der Waals surface area contributed by atoms with E-state index in [-0.39, 0.29) is 13.2 Å². The number of hydrogen-bond donors (Lipinski definition) is 0. The van der Waals surface area contributed by atoms with E-state index in [2.05, 4.69) is 0 Å². The molecular formula is C25H26ClNO5. The minimum Gasteiger partial charge on any atom is -0.497 e. The first kappa shape index (κ1) is 23.4. The zero-order chi connectivity index (χ0) is 23.1. The van der Waals surface area contributed by atoms with Crippen LogP contribution in [0.5, 0.6) is 5.75 Å². The third-order valence-electron chi connectivity index (χ3n) is 4.98. The molecule has 0 radical (unpaired) electrons. The van der Waals surface area contributed by atoms with Gasteiger partial charge in [-0.2, -0.15) is 0 Å². The fourth-order valence-electron chi connectivity index (χ4n) is 3.53. The molecule has 0 saturated carbocycles. The highest BCUT2D eigenvalue weighted by Gasteiger charge is 2.35. The van der Waals surface area contributed by atoms with E-state index < -0.39 is 17.9 Å². The molecule has 7 heteroatoms. The lowest BCUT2D eigenvalue weighted by atomic mass is 9.83. The maximum atomic E-state index is 12.9. The van der Waals surface area contributed by atoms with Crippen molar-refractivity contribution in [2.24, 2.45) is 0 Å². The summed E-state index contributed by atoms with van der Waals surface area (Å²) in [6.07, 6.45) is 3.45.